The Morgan fingerprint density at radius 1 is 0.788 bits per heavy atom. The fraction of sp³-hybridized carbons (Fsp3) is 0.692. The Kier molecular flexibility index (Phi) is 15.3. The van der Waals surface area contributed by atoms with Crippen molar-refractivity contribution in [2.75, 3.05) is 0 Å². The summed E-state index contributed by atoms with van der Waals surface area (Å²) < 4.78 is 40.6. The molecule has 0 bridgehead atoms. The minimum atomic E-state index is -4.83. The first kappa shape index (κ1) is 29.0. The average molecular weight is 472 g/mol. The molecule has 0 atom stereocenters. The number of ether oxygens (including phenoxy) is 1. The van der Waals surface area contributed by atoms with Crippen LogP contribution in [-0.2, 0) is 4.79 Å². The van der Waals surface area contributed by atoms with Crippen LogP contribution in [0.25, 0.3) is 0 Å². The first-order chi connectivity index (χ1) is 15.8. The average Bonchev–Trinajstić information content (AvgIpc) is 2.75. The van der Waals surface area contributed by atoms with Crippen molar-refractivity contribution in [3.05, 3.63) is 29.8 Å². The second-order valence-corrected chi connectivity index (χ2v) is 8.65. The summed E-state index contributed by atoms with van der Waals surface area (Å²) >= 11 is 0. The predicted molar refractivity (Wildman–Crippen MR) is 125 cm³/mol. The van der Waals surface area contributed by atoms with Crippen molar-refractivity contribution in [2.24, 2.45) is 0 Å². The number of carbonyl (C=O) groups is 2. The summed E-state index contributed by atoms with van der Waals surface area (Å²) in [5.74, 6) is -1.64. The van der Waals surface area contributed by atoms with Crippen molar-refractivity contribution >= 4 is 11.8 Å². The monoisotopic (exact) mass is 471 g/mol. The fourth-order valence-electron chi connectivity index (χ4n) is 3.75. The third kappa shape index (κ3) is 16.2. The Hall–Kier alpha value is -2.05. The van der Waals surface area contributed by atoms with Crippen molar-refractivity contribution < 1.29 is 27.5 Å². The van der Waals surface area contributed by atoms with Crippen molar-refractivity contribution in [1.29, 1.82) is 0 Å². The van der Waals surface area contributed by atoms with Crippen LogP contribution in [0.3, 0.4) is 0 Å². The number of rotatable bonds is 18. The zero-order valence-corrected chi connectivity index (χ0v) is 20.0. The van der Waals surface area contributed by atoms with Gasteiger partial charge in [0.05, 0.1) is 0 Å². The van der Waals surface area contributed by atoms with Crippen LogP contribution in [0, 0.1) is 0 Å². The van der Waals surface area contributed by atoms with Crippen molar-refractivity contribution in [1.82, 2.24) is 5.32 Å². The van der Waals surface area contributed by atoms with Crippen LogP contribution >= 0.6 is 0 Å². The van der Waals surface area contributed by atoms with Gasteiger partial charge in [-0.2, -0.15) is 0 Å². The summed E-state index contributed by atoms with van der Waals surface area (Å²) in [6.45, 7) is 2.24. The van der Waals surface area contributed by atoms with Gasteiger partial charge in [-0.1, -0.05) is 103 Å². The van der Waals surface area contributed by atoms with Crippen LogP contribution in [-0.4, -0.2) is 18.2 Å². The summed E-state index contributed by atoms with van der Waals surface area (Å²) in [5.41, 5.74) is -0.0541. The van der Waals surface area contributed by atoms with E-state index in [0.29, 0.717) is 6.42 Å². The number of nitrogens with one attached hydrogen (secondary N) is 1. The van der Waals surface area contributed by atoms with E-state index in [1.807, 2.05) is 0 Å². The highest BCUT2D eigenvalue weighted by Crippen LogP contribution is 2.23. The molecule has 0 radical (unpaired) electrons. The highest BCUT2D eigenvalue weighted by molar-refractivity contribution is 6.04. The van der Waals surface area contributed by atoms with Gasteiger partial charge in [0.1, 0.15) is 5.75 Å². The molecule has 0 fully saturated rings. The first-order valence-corrected chi connectivity index (χ1v) is 12.5. The third-order valence-corrected chi connectivity index (χ3v) is 5.59. The van der Waals surface area contributed by atoms with Crippen LogP contribution in [0.4, 0.5) is 13.2 Å². The summed E-state index contributed by atoms with van der Waals surface area (Å²) in [6, 6.07) is 4.67. The number of hydrogen-bond acceptors (Lipinski definition) is 3. The molecule has 1 N–H and O–H groups in total. The molecule has 188 valence electrons. The lowest BCUT2D eigenvalue weighted by Crippen LogP contribution is -2.30. The summed E-state index contributed by atoms with van der Waals surface area (Å²) in [4.78, 5) is 24.0. The van der Waals surface area contributed by atoms with Gasteiger partial charge < -0.3 is 4.74 Å². The number of unbranched alkanes of at least 4 members (excludes halogenated alkanes) is 14. The lowest BCUT2D eigenvalue weighted by Gasteiger charge is -2.10. The number of amides is 2. The lowest BCUT2D eigenvalue weighted by molar-refractivity contribution is -0.274. The molecule has 0 saturated carbocycles. The van der Waals surface area contributed by atoms with Crippen LogP contribution in [0.15, 0.2) is 24.3 Å². The molecule has 0 heterocycles. The van der Waals surface area contributed by atoms with Crippen LogP contribution < -0.4 is 10.1 Å². The smallest absolute Gasteiger partial charge is 0.406 e. The quantitative estimate of drug-likeness (QED) is 0.220. The second kappa shape index (κ2) is 17.4. The minimum Gasteiger partial charge on any atom is -0.406 e. The molecular formula is C26H40F3NO3. The molecule has 1 aromatic carbocycles. The number of halogens is 3. The van der Waals surface area contributed by atoms with Crippen molar-refractivity contribution in [2.45, 2.75) is 116 Å². The molecule has 2 amide bonds. The van der Waals surface area contributed by atoms with E-state index < -0.39 is 23.9 Å². The summed E-state index contributed by atoms with van der Waals surface area (Å²) in [6.07, 6.45) is 13.8. The molecule has 0 saturated heterocycles. The number of alkyl halides is 3. The number of hydrogen-bond donors (Lipinski definition) is 1. The minimum absolute atomic E-state index is 0.0541. The molecule has 1 rings (SSSR count). The molecule has 1 aromatic rings. The molecular weight excluding hydrogens is 431 g/mol. The SMILES string of the molecule is CCCCCCCCCCCCCCCCCC(=O)NC(=O)c1cccc(OC(F)(F)F)c1. The zero-order chi connectivity index (χ0) is 24.4. The second-order valence-electron chi connectivity index (χ2n) is 8.65. The van der Waals surface area contributed by atoms with Crippen LogP contribution in [0.5, 0.6) is 5.75 Å². The van der Waals surface area contributed by atoms with Gasteiger partial charge >= 0.3 is 6.36 Å². The number of carbonyl (C=O) groups excluding carboxylic acids is 2. The zero-order valence-electron chi connectivity index (χ0n) is 20.0. The maximum absolute atomic E-state index is 12.3. The first-order valence-electron chi connectivity index (χ1n) is 12.5. The van der Waals surface area contributed by atoms with Gasteiger partial charge in [-0.3, -0.25) is 14.9 Å². The highest BCUT2D eigenvalue weighted by Gasteiger charge is 2.31. The van der Waals surface area contributed by atoms with E-state index >= 15 is 0 Å². The molecule has 33 heavy (non-hydrogen) atoms. The Morgan fingerprint density at radius 3 is 1.76 bits per heavy atom. The molecule has 4 nitrogen and oxygen atoms in total. The Morgan fingerprint density at radius 2 is 1.27 bits per heavy atom. The number of imide groups is 1. The fourth-order valence-corrected chi connectivity index (χ4v) is 3.75. The van der Waals surface area contributed by atoms with E-state index in [0.717, 1.165) is 31.4 Å². The van der Waals surface area contributed by atoms with E-state index in [1.165, 1.54) is 82.8 Å². The standard InChI is InChI=1S/C26H40F3NO3/c1-2-3-4-5-6-7-8-9-10-11-12-13-14-15-16-20-24(31)30-25(32)22-18-17-19-23(21-22)33-26(27,28)29/h17-19,21H,2-16,20H2,1H3,(H,30,31,32). The van der Waals surface area contributed by atoms with E-state index in [2.05, 4.69) is 17.0 Å². The molecule has 0 unspecified atom stereocenters. The normalized spacial score (nSPS) is 11.4. The van der Waals surface area contributed by atoms with Gasteiger partial charge in [-0.15, -0.1) is 13.2 Å². The Labute approximate surface area is 196 Å². The molecule has 0 aliphatic heterocycles. The Balaban J connectivity index is 2.02. The van der Waals surface area contributed by atoms with E-state index in [1.54, 1.807) is 0 Å². The van der Waals surface area contributed by atoms with Gasteiger partial charge in [0.25, 0.3) is 5.91 Å². The Bertz CT molecular complexity index is 677. The largest absolute Gasteiger partial charge is 0.573 e. The maximum atomic E-state index is 12.3. The van der Waals surface area contributed by atoms with E-state index in [-0.39, 0.29) is 12.0 Å². The lowest BCUT2D eigenvalue weighted by atomic mass is 10.0. The van der Waals surface area contributed by atoms with Gasteiger partial charge in [-0.25, -0.2) is 0 Å². The number of benzene rings is 1. The molecule has 0 spiro atoms. The maximum Gasteiger partial charge on any atom is 0.573 e. The molecule has 0 aliphatic carbocycles. The third-order valence-electron chi connectivity index (χ3n) is 5.59. The molecule has 0 aromatic heterocycles. The highest BCUT2D eigenvalue weighted by atomic mass is 19.4. The molecule has 7 heteroatoms. The van der Waals surface area contributed by atoms with Crippen molar-refractivity contribution in [3.8, 4) is 5.75 Å². The summed E-state index contributed by atoms with van der Waals surface area (Å²) in [7, 11) is 0. The van der Waals surface area contributed by atoms with Crippen LogP contribution in [0.2, 0.25) is 0 Å². The van der Waals surface area contributed by atoms with Gasteiger partial charge in [0.15, 0.2) is 0 Å². The van der Waals surface area contributed by atoms with Crippen molar-refractivity contribution in [3.63, 3.8) is 0 Å². The molecule has 0 aliphatic rings. The van der Waals surface area contributed by atoms with Gasteiger partial charge in [0, 0.05) is 12.0 Å². The van der Waals surface area contributed by atoms with Gasteiger partial charge in [0.2, 0.25) is 5.91 Å². The van der Waals surface area contributed by atoms with E-state index in [9.17, 15) is 22.8 Å². The summed E-state index contributed by atoms with van der Waals surface area (Å²) in [5, 5.41) is 2.22. The topological polar surface area (TPSA) is 55.4 Å². The van der Waals surface area contributed by atoms with E-state index in [4.69, 9.17) is 0 Å². The van der Waals surface area contributed by atoms with Crippen LogP contribution in [0.1, 0.15) is 120 Å². The van der Waals surface area contributed by atoms with Gasteiger partial charge in [-0.05, 0) is 24.6 Å². The predicted octanol–water partition coefficient (Wildman–Crippen LogP) is 8.10.